The standard InChI is InChI=1S/C18H13Br2NO2/c19-16-8-12(10-21-22)9-17(20)18(16)23-11-14-6-3-5-13-4-1-2-7-15(13)14/h1-10,22H,11H2/b21-10-. The fraction of sp³-hybridized carbons (Fsp3) is 0.0556. The van der Waals surface area contributed by atoms with Crippen molar-refractivity contribution in [3.8, 4) is 5.75 Å². The predicted molar refractivity (Wildman–Crippen MR) is 99.5 cm³/mol. The normalized spacial score (nSPS) is 11.2. The van der Waals surface area contributed by atoms with Gasteiger partial charge in [-0.3, -0.25) is 0 Å². The van der Waals surface area contributed by atoms with E-state index in [1.807, 2.05) is 30.3 Å². The van der Waals surface area contributed by atoms with Gasteiger partial charge >= 0.3 is 0 Å². The number of rotatable bonds is 4. The molecule has 0 aliphatic rings. The molecule has 0 amide bonds. The molecule has 0 heterocycles. The van der Waals surface area contributed by atoms with Gasteiger partial charge in [0.25, 0.3) is 0 Å². The van der Waals surface area contributed by atoms with E-state index in [-0.39, 0.29) is 0 Å². The van der Waals surface area contributed by atoms with Crippen LogP contribution >= 0.6 is 31.9 Å². The SMILES string of the molecule is O/N=C\c1cc(Br)c(OCc2cccc3ccccc23)c(Br)c1. The maximum absolute atomic E-state index is 8.63. The Bertz CT molecular complexity index is 850. The third-order valence-corrected chi connectivity index (χ3v) is 4.66. The molecule has 0 aliphatic heterocycles. The van der Waals surface area contributed by atoms with Crippen LogP contribution in [0, 0.1) is 0 Å². The predicted octanol–water partition coefficient (Wildman–Crippen LogP) is 5.75. The maximum atomic E-state index is 8.63. The molecule has 0 aliphatic carbocycles. The van der Waals surface area contributed by atoms with Crippen LogP contribution in [0.1, 0.15) is 11.1 Å². The van der Waals surface area contributed by atoms with E-state index in [4.69, 9.17) is 9.94 Å². The minimum absolute atomic E-state index is 0.464. The van der Waals surface area contributed by atoms with Crippen molar-refractivity contribution in [2.24, 2.45) is 5.16 Å². The fourth-order valence-electron chi connectivity index (χ4n) is 2.43. The van der Waals surface area contributed by atoms with Gasteiger partial charge in [-0.1, -0.05) is 47.6 Å². The number of hydrogen-bond acceptors (Lipinski definition) is 3. The summed E-state index contributed by atoms with van der Waals surface area (Å²) >= 11 is 6.99. The topological polar surface area (TPSA) is 41.8 Å². The highest BCUT2D eigenvalue weighted by atomic mass is 79.9. The summed E-state index contributed by atoms with van der Waals surface area (Å²) in [5.41, 5.74) is 1.90. The van der Waals surface area contributed by atoms with E-state index in [0.29, 0.717) is 12.4 Å². The zero-order chi connectivity index (χ0) is 16.2. The Hall–Kier alpha value is -1.85. The Morgan fingerprint density at radius 2 is 1.70 bits per heavy atom. The lowest BCUT2D eigenvalue weighted by molar-refractivity contribution is 0.303. The van der Waals surface area contributed by atoms with E-state index < -0.39 is 0 Å². The lowest BCUT2D eigenvalue weighted by Crippen LogP contribution is -1.98. The number of fused-ring (bicyclic) bond motifs is 1. The van der Waals surface area contributed by atoms with Crippen molar-refractivity contribution in [1.29, 1.82) is 0 Å². The van der Waals surface area contributed by atoms with Gasteiger partial charge in [-0.2, -0.15) is 0 Å². The molecule has 0 unspecified atom stereocenters. The van der Waals surface area contributed by atoms with E-state index in [1.165, 1.54) is 17.0 Å². The molecule has 23 heavy (non-hydrogen) atoms. The molecule has 0 atom stereocenters. The Morgan fingerprint density at radius 3 is 2.43 bits per heavy atom. The summed E-state index contributed by atoms with van der Waals surface area (Å²) in [6, 6.07) is 18.1. The quantitative estimate of drug-likeness (QED) is 0.322. The summed E-state index contributed by atoms with van der Waals surface area (Å²) in [5, 5.41) is 14.1. The molecule has 0 bridgehead atoms. The molecular weight excluding hydrogens is 422 g/mol. The highest BCUT2D eigenvalue weighted by molar-refractivity contribution is 9.11. The Morgan fingerprint density at radius 1 is 1.00 bits per heavy atom. The summed E-state index contributed by atoms with van der Waals surface area (Å²) in [6.07, 6.45) is 1.37. The van der Waals surface area contributed by atoms with Crippen LogP contribution in [0.4, 0.5) is 0 Å². The number of nitrogens with zero attached hydrogens (tertiary/aromatic N) is 1. The number of benzene rings is 3. The van der Waals surface area contributed by atoms with E-state index in [9.17, 15) is 0 Å². The molecule has 3 aromatic rings. The van der Waals surface area contributed by atoms with Gasteiger partial charge in [-0.25, -0.2) is 0 Å². The van der Waals surface area contributed by atoms with Crippen LogP contribution in [-0.2, 0) is 6.61 Å². The Labute approximate surface area is 150 Å². The molecule has 0 radical (unpaired) electrons. The number of hydrogen-bond donors (Lipinski definition) is 1. The van der Waals surface area contributed by atoms with Crippen molar-refractivity contribution in [3.63, 3.8) is 0 Å². The second-order valence-electron chi connectivity index (χ2n) is 4.99. The Balaban J connectivity index is 1.88. The average Bonchev–Trinajstić information content (AvgIpc) is 2.54. The molecule has 116 valence electrons. The Kier molecular flexibility index (Phi) is 4.98. The van der Waals surface area contributed by atoms with Gasteiger partial charge in [0.15, 0.2) is 0 Å². The van der Waals surface area contributed by atoms with Gasteiger partial charge in [0.2, 0.25) is 0 Å². The first kappa shape index (κ1) is 16.0. The molecule has 5 heteroatoms. The summed E-state index contributed by atoms with van der Waals surface area (Å²) in [7, 11) is 0. The van der Waals surface area contributed by atoms with Gasteiger partial charge in [-0.15, -0.1) is 0 Å². The van der Waals surface area contributed by atoms with Crippen LogP contribution in [0.5, 0.6) is 5.75 Å². The zero-order valence-electron chi connectivity index (χ0n) is 12.0. The van der Waals surface area contributed by atoms with Gasteiger partial charge in [0, 0.05) is 0 Å². The summed E-state index contributed by atoms with van der Waals surface area (Å²) in [4.78, 5) is 0. The van der Waals surface area contributed by atoms with E-state index >= 15 is 0 Å². The highest BCUT2D eigenvalue weighted by Crippen LogP contribution is 2.35. The maximum Gasteiger partial charge on any atom is 0.148 e. The molecule has 3 rings (SSSR count). The smallest absolute Gasteiger partial charge is 0.148 e. The van der Waals surface area contributed by atoms with Gasteiger partial charge in [-0.05, 0) is 65.9 Å². The van der Waals surface area contributed by atoms with E-state index in [1.54, 1.807) is 0 Å². The average molecular weight is 435 g/mol. The number of ether oxygens (including phenoxy) is 1. The largest absolute Gasteiger partial charge is 0.487 e. The molecule has 0 fully saturated rings. The lowest BCUT2D eigenvalue weighted by Gasteiger charge is -2.12. The van der Waals surface area contributed by atoms with Gasteiger partial charge in [0.05, 0.1) is 15.2 Å². The van der Waals surface area contributed by atoms with Crippen LogP contribution in [-0.4, -0.2) is 11.4 Å². The van der Waals surface area contributed by atoms with Gasteiger partial charge < -0.3 is 9.94 Å². The van der Waals surface area contributed by atoms with Crippen molar-refractivity contribution in [2.75, 3.05) is 0 Å². The first-order valence-corrected chi connectivity index (χ1v) is 8.53. The summed E-state index contributed by atoms with van der Waals surface area (Å²) in [6.45, 7) is 0.464. The van der Waals surface area contributed by atoms with Crippen molar-refractivity contribution in [1.82, 2.24) is 0 Å². The minimum Gasteiger partial charge on any atom is -0.487 e. The number of oxime groups is 1. The van der Waals surface area contributed by atoms with Crippen molar-refractivity contribution in [3.05, 3.63) is 74.7 Å². The van der Waals surface area contributed by atoms with Crippen LogP contribution in [0.2, 0.25) is 0 Å². The van der Waals surface area contributed by atoms with Crippen molar-refractivity contribution < 1.29 is 9.94 Å². The molecule has 3 nitrogen and oxygen atoms in total. The molecule has 0 spiro atoms. The van der Waals surface area contributed by atoms with Crippen LogP contribution in [0.15, 0.2) is 68.7 Å². The monoisotopic (exact) mass is 433 g/mol. The number of halogens is 2. The molecule has 0 saturated carbocycles. The summed E-state index contributed by atoms with van der Waals surface area (Å²) in [5.74, 6) is 0.716. The molecule has 1 N–H and O–H groups in total. The molecule has 3 aromatic carbocycles. The lowest BCUT2D eigenvalue weighted by atomic mass is 10.1. The third-order valence-electron chi connectivity index (χ3n) is 3.48. The van der Waals surface area contributed by atoms with Crippen molar-refractivity contribution in [2.45, 2.75) is 6.61 Å². The minimum atomic E-state index is 0.464. The second kappa shape index (κ2) is 7.15. The zero-order valence-corrected chi connectivity index (χ0v) is 15.2. The van der Waals surface area contributed by atoms with E-state index in [0.717, 1.165) is 20.1 Å². The van der Waals surface area contributed by atoms with Crippen LogP contribution < -0.4 is 4.74 Å². The third kappa shape index (κ3) is 3.57. The van der Waals surface area contributed by atoms with Crippen molar-refractivity contribution >= 4 is 48.8 Å². The fourth-order valence-corrected chi connectivity index (χ4v) is 3.88. The van der Waals surface area contributed by atoms with Crippen LogP contribution in [0.25, 0.3) is 10.8 Å². The molecule has 0 saturated heterocycles. The second-order valence-corrected chi connectivity index (χ2v) is 6.69. The summed E-state index contributed by atoms with van der Waals surface area (Å²) < 4.78 is 7.58. The molecular formula is C18H13Br2NO2. The van der Waals surface area contributed by atoms with E-state index in [2.05, 4.69) is 61.3 Å². The van der Waals surface area contributed by atoms with Gasteiger partial charge in [0.1, 0.15) is 12.4 Å². The highest BCUT2D eigenvalue weighted by Gasteiger charge is 2.10. The first-order valence-electron chi connectivity index (χ1n) is 6.95. The first-order chi connectivity index (χ1) is 11.2. The molecule has 0 aromatic heterocycles. The van der Waals surface area contributed by atoms with Crippen LogP contribution in [0.3, 0.4) is 0 Å².